The van der Waals surface area contributed by atoms with E-state index in [0.29, 0.717) is 13.0 Å². The van der Waals surface area contributed by atoms with E-state index in [2.05, 4.69) is 5.32 Å². The molecule has 2 atom stereocenters. The first-order valence-electron chi connectivity index (χ1n) is 8.91. The molecule has 0 unspecified atom stereocenters. The quantitative estimate of drug-likeness (QED) is 0.860. The van der Waals surface area contributed by atoms with E-state index in [-0.39, 0.29) is 30.1 Å². The minimum Gasteiger partial charge on any atom is -0.345 e. The Morgan fingerprint density at radius 1 is 1.20 bits per heavy atom. The summed E-state index contributed by atoms with van der Waals surface area (Å²) in [6, 6.07) is 9.14. The highest BCUT2D eigenvalue weighted by Crippen LogP contribution is 2.18. The molecule has 0 bridgehead atoms. The van der Waals surface area contributed by atoms with Gasteiger partial charge in [-0.1, -0.05) is 30.3 Å². The van der Waals surface area contributed by atoms with E-state index in [0.717, 1.165) is 31.5 Å². The van der Waals surface area contributed by atoms with Gasteiger partial charge in [-0.15, -0.1) is 0 Å². The Bertz CT molecular complexity index is 641. The van der Waals surface area contributed by atoms with Gasteiger partial charge >= 0.3 is 0 Å². The molecule has 1 aromatic carbocycles. The first kappa shape index (κ1) is 17.5. The number of rotatable bonds is 5. The van der Waals surface area contributed by atoms with Crippen LogP contribution in [0.2, 0.25) is 0 Å². The van der Waals surface area contributed by atoms with E-state index >= 15 is 0 Å². The summed E-state index contributed by atoms with van der Waals surface area (Å²) in [5.41, 5.74) is 1.01. The molecule has 0 aromatic heterocycles. The van der Waals surface area contributed by atoms with Gasteiger partial charge in [-0.3, -0.25) is 14.4 Å². The minimum absolute atomic E-state index is 0.0209. The monoisotopic (exact) mass is 343 g/mol. The summed E-state index contributed by atoms with van der Waals surface area (Å²) < 4.78 is 0. The molecule has 0 aliphatic carbocycles. The van der Waals surface area contributed by atoms with E-state index in [1.807, 2.05) is 35.2 Å². The van der Waals surface area contributed by atoms with Crippen molar-refractivity contribution in [3.05, 3.63) is 35.9 Å². The maximum Gasteiger partial charge on any atom is 0.245 e. The number of nitrogens with one attached hydrogen (secondary N) is 1. The average Bonchev–Trinajstić information content (AvgIpc) is 3.25. The van der Waals surface area contributed by atoms with Crippen LogP contribution in [0.4, 0.5) is 0 Å². The Balaban J connectivity index is 1.70. The van der Waals surface area contributed by atoms with E-state index < -0.39 is 6.04 Å². The van der Waals surface area contributed by atoms with Gasteiger partial charge in [-0.25, -0.2) is 0 Å². The molecule has 0 spiro atoms. The van der Waals surface area contributed by atoms with Crippen molar-refractivity contribution in [2.75, 3.05) is 26.7 Å². The van der Waals surface area contributed by atoms with Crippen molar-refractivity contribution in [1.82, 2.24) is 15.1 Å². The lowest BCUT2D eigenvalue weighted by Gasteiger charge is -2.25. The van der Waals surface area contributed by atoms with Crippen molar-refractivity contribution in [2.24, 2.45) is 5.92 Å². The van der Waals surface area contributed by atoms with Crippen molar-refractivity contribution in [3.8, 4) is 0 Å². The second-order valence-corrected chi connectivity index (χ2v) is 6.96. The van der Waals surface area contributed by atoms with E-state index in [9.17, 15) is 14.4 Å². The van der Waals surface area contributed by atoms with Crippen LogP contribution in [0.15, 0.2) is 30.3 Å². The number of carbonyl (C=O) groups is 3. The van der Waals surface area contributed by atoms with Gasteiger partial charge in [0.25, 0.3) is 0 Å². The average molecular weight is 343 g/mol. The number of hydrogen-bond donors (Lipinski definition) is 1. The standard InChI is InChI=1S/C19H25N3O3/c1-21-13-15(12-17(21)23)18(24)20-16(11-14-7-3-2-4-8-14)19(25)22-9-5-6-10-22/h2-4,7-8,15-16H,5-6,9-13H2,1H3,(H,20,24)/t15-,16+/m1/s1. The van der Waals surface area contributed by atoms with Crippen LogP contribution in [-0.2, 0) is 20.8 Å². The van der Waals surface area contributed by atoms with Crippen molar-refractivity contribution < 1.29 is 14.4 Å². The second kappa shape index (κ2) is 7.68. The highest BCUT2D eigenvalue weighted by atomic mass is 16.2. The zero-order valence-corrected chi connectivity index (χ0v) is 14.6. The Morgan fingerprint density at radius 2 is 1.88 bits per heavy atom. The van der Waals surface area contributed by atoms with Crippen LogP contribution in [-0.4, -0.2) is 60.2 Å². The molecule has 3 rings (SSSR count). The van der Waals surface area contributed by atoms with E-state index in [4.69, 9.17) is 0 Å². The Kier molecular flexibility index (Phi) is 5.36. The van der Waals surface area contributed by atoms with Crippen LogP contribution in [0.1, 0.15) is 24.8 Å². The molecule has 2 aliphatic heterocycles. The van der Waals surface area contributed by atoms with Crippen LogP contribution >= 0.6 is 0 Å². The molecular weight excluding hydrogens is 318 g/mol. The summed E-state index contributed by atoms with van der Waals surface area (Å²) in [5, 5.41) is 2.92. The van der Waals surface area contributed by atoms with Gasteiger partial charge in [0, 0.05) is 39.5 Å². The molecule has 2 aliphatic rings. The lowest BCUT2D eigenvalue weighted by atomic mass is 10.0. The first-order chi connectivity index (χ1) is 12.0. The highest BCUT2D eigenvalue weighted by Gasteiger charge is 2.35. The molecule has 25 heavy (non-hydrogen) atoms. The zero-order chi connectivity index (χ0) is 17.8. The summed E-state index contributed by atoms with van der Waals surface area (Å²) in [6.45, 7) is 1.93. The fourth-order valence-corrected chi connectivity index (χ4v) is 3.54. The molecule has 1 aromatic rings. The SMILES string of the molecule is CN1C[C@H](C(=O)N[C@@H](Cc2ccccc2)C(=O)N2CCCC2)CC1=O. The maximum atomic E-state index is 12.9. The molecule has 2 saturated heterocycles. The lowest BCUT2D eigenvalue weighted by molar-refractivity contribution is -0.136. The van der Waals surface area contributed by atoms with Gasteiger partial charge in [0.15, 0.2) is 0 Å². The predicted molar refractivity (Wildman–Crippen MR) is 93.6 cm³/mol. The third kappa shape index (κ3) is 4.18. The third-order valence-corrected chi connectivity index (χ3v) is 5.03. The normalized spacial score (nSPS) is 21.5. The fraction of sp³-hybridized carbons (Fsp3) is 0.526. The van der Waals surface area contributed by atoms with Gasteiger partial charge in [0.1, 0.15) is 6.04 Å². The van der Waals surface area contributed by atoms with Crippen molar-refractivity contribution >= 4 is 17.7 Å². The Morgan fingerprint density at radius 3 is 2.48 bits per heavy atom. The summed E-state index contributed by atoms with van der Waals surface area (Å²) in [7, 11) is 1.70. The van der Waals surface area contributed by atoms with Gasteiger partial charge in [0.2, 0.25) is 17.7 Å². The van der Waals surface area contributed by atoms with Crippen molar-refractivity contribution in [1.29, 1.82) is 0 Å². The number of amides is 3. The van der Waals surface area contributed by atoms with E-state index in [1.54, 1.807) is 11.9 Å². The molecule has 0 saturated carbocycles. The molecular formula is C19H25N3O3. The fourth-order valence-electron chi connectivity index (χ4n) is 3.54. The van der Waals surface area contributed by atoms with Crippen LogP contribution in [0.3, 0.4) is 0 Å². The highest BCUT2D eigenvalue weighted by molar-refractivity contribution is 5.92. The van der Waals surface area contributed by atoms with Gasteiger partial charge in [0.05, 0.1) is 5.92 Å². The zero-order valence-electron chi connectivity index (χ0n) is 14.6. The molecule has 6 heteroatoms. The van der Waals surface area contributed by atoms with Crippen LogP contribution in [0.5, 0.6) is 0 Å². The number of hydrogen-bond acceptors (Lipinski definition) is 3. The summed E-state index contributed by atoms with van der Waals surface area (Å²) in [6.07, 6.45) is 2.72. The predicted octanol–water partition coefficient (Wildman–Crippen LogP) is 0.815. The lowest BCUT2D eigenvalue weighted by Crippen LogP contribution is -2.50. The molecule has 3 amide bonds. The number of nitrogens with zero attached hydrogens (tertiary/aromatic N) is 2. The van der Waals surface area contributed by atoms with Crippen LogP contribution in [0, 0.1) is 5.92 Å². The van der Waals surface area contributed by atoms with Gasteiger partial charge < -0.3 is 15.1 Å². The molecule has 2 heterocycles. The van der Waals surface area contributed by atoms with Crippen LogP contribution in [0.25, 0.3) is 0 Å². The van der Waals surface area contributed by atoms with Gasteiger partial charge in [-0.2, -0.15) is 0 Å². The minimum atomic E-state index is -0.575. The molecule has 6 nitrogen and oxygen atoms in total. The second-order valence-electron chi connectivity index (χ2n) is 6.96. The molecule has 2 fully saturated rings. The Hall–Kier alpha value is -2.37. The van der Waals surface area contributed by atoms with Crippen LogP contribution < -0.4 is 5.32 Å². The summed E-state index contributed by atoms with van der Waals surface area (Å²) >= 11 is 0. The third-order valence-electron chi connectivity index (χ3n) is 5.03. The topological polar surface area (TPSA) is 69.7 Å². The molecule has 1 N–H and O–H groups in total. The smallest absolute Gasteiger partial charge is 0.245 e. The molecule has 134 valence electrons. The first-order valence-corrected chi connectivity index (χ1v) is 8.91. The maximum absolute atomic E-state index is 12.9. The summed E-state index contributed by atoms with van der Waals surface area (Å²) in [4.78, 5) is 40.5. The van der Waals surface area contributed by atoms with Gasteiger partial charge in [-0.05, 0) is 18.4 Å². The molecule has 0 radical (unpaired) electrons. The van der Waals surface area contributed by atoms with Crippen molar-refractivity contribution in [2.45, 2.75) is 31.7 Å². The van der Waals surface area contributed by atoms with Crippen molar-refractivity contribution in [3.63, 3.8) is 0 Å². The number of benzene rings is 1. The summed E-state index contributed by atoms with van der Waals surface area (Å²) in [5.74, 6) is -0.619. The van der Waals surface area contributed by atoms with E-state index in [1.165, 1.54) is 0 Å². The largest absolute Gasteiger partial charge is 0.345 e. The number of carbonyl (C=O) groups excluding carboxylic acids is 3. The number of likely N-dealkylation sites (tertiary alicyclic amines) is 2. The Labute approximate surface area is 148 Å².